The van der Waals surface area contributed by atoms with Crippen molar-refractivity contribution in [2.24, 2.45) is 0 Å². The fourth-order valence-electron chi connectivity index (χ4n) is 3.23. The van der Waals surface area contributed by atoms with Crippen molar-refractivity contribution in [1.29, 1.82) is 0 Å². The molecule has 0 atom stereocenters. The van der Waals surface area contributed by atoms with E-state index in [2.05, 4.69) is 0 Å². The molecule has 1 saturated carbocycles. The van der Waals surface area contributed by atoms with Gasteiger partial charge in [-0.25, -0.2) is 0 Å². The number of hydrogen-bond acceptors (Lipinski definition) is 4. The zero-order valence-electron chi connectivity index (χ0n) is 13.0. The van der Waals surface area contributed by atoms with E-state index in [9.17, 15) is 4.79 Å². The maximum atomic E-state index is 12.4. The number of carbonyl (C=O) groups excluding carboxylic acids is 1. The van der Waals surface area contributed by atoms with Crippen LogP contribution in [-0.4, -0.2) is 36.8 Å². The van der Waals surface area contributed by atoms with Crippen LogP contribution < -0.4 is 14.2 Å². The zero-order valence-corrected chi connectivity index (χ0v) is 13.0. The van der Waals surface area contributed by atoms with Gasteiger partial charge in [0.2, 0.25) is 6.79 Å². The van der Waals surface area contributed by atoms with Gasteiger partial charge in [-0.2, -0.15) is 0 Å². The molecule has 0 radical (unpaired) electrons. The number of hydrogen-bond donors (Lipinski definition) is 0. The highest BCUT2D eigenvalue weighted by molar-refractivity contribution is 5.78. The van der Waals surface area contributed by atoms with Crippen LogP contribution in [0.4, 0.5) is 0 Å². The van der Waals surface area contributed by atoms with Gasteiger partial charge in [0.1, 0.15) is 5.75 Å². The Bertz CT molecular complexity index is 525. The minimum Gasteiger partial charge on any atom is -0.484 e. The second-order valence-electron chi connectivity index (χ2n) is 5.78. The van der Waals surface area contributed by atoms with Crippen molar-refractivity contribution in [1.82, 2.24) is 4.90 Å². The van der Waals surface area contributed by atoms with Gasteiger partial charge >= 0.3 is 0 Å². The third-order valence-electron chi connectivity index (χ3n) is 4.38. The molecule has 0 bridgehead atoms. The van der Waals surface area contributed by atoms with Crippen LogP contribution in [0.5, 0.6) is 17.2 Å². The van der Waals surface area contributed by atoms with Crippen LogP contribution in [0.3, 0.4) is 0 Å². The predicted molar refractivity (Wildman–Crippen MR) is 82.3 cm³/mol. The molecule has 0 aromatic heterocycles. The number of nitrogens with zero attached hydrogens (tertiary/aromatic N) is 1. The molecule has 1 aliphatic heterocycles. The summed E-state index contributed by atoms with van der Waals surface area (Å²) < 4.78 is 16.2. The van der Waals surface area contributed by atoms with Crippen LogP contribution in [0.2, 0.25) is 0 Å². The number of ether oxygens (including phenoxy) is 3. The molecular formula is C17H23NO4. The zero-order chi connectivity index (χ0) is 15.4. The summed E-state index contributed by atoms with van der Waals surface area (Å²) in [6, 6.07) is 5.76. The Morgan fingerprint density at radius 3 is 2.77 bits per heavy atom. The molecule has 1 heterocycles. The summed E-state index contributed by atoms with van der Waals surface area (Å²) in [5, 5.41) is 0. The molecule has 1 fully saturated rings. The van der Waals surface area contributed by atoms with E-state index >= 15 is 0 Å². The fourth-order valence-corrected chi connectivity index (χ4v) is 3.23. The second-order valence-corrected chi connectivity index (χ2v) is 5.78. The lowest BCUT2D eigenvalue weighted by Crippen LogP contribution is -2.43. The summed E-state index contributed by atoms with van der Waals surface area (Å²) in [6.45, 7) is 3.09. The van der Waals surface area contributed by atoms with Gasteiger partial charge < -0.3 is 19.1 Å². The number of rotatable bonds is 5. The van der Waals surface area contributed by atoms with Crippen molar-refractivity contribution < 1.29 is 19.0 Å². The molecule has 1 amide bonds. The number of amides is 1. The van der Waals surface area contributed by atoms with E-state index in [1.165, 1.54) is 19.3 Å². The van der Waals surface area contributed by atoms with Crippen molar-refractivity contribution in [3.05, 3.63) is 18.2 Å². The Balaban J connectivity index is 1.56. The largest absolute Gasteiger partial charge is 0.484 e. The Hall–Kier alpha value is -1.91. The molecular weight excluding hydrogens is 282 g/mol. The van der Waals surface area contributed by atoms with Crippen LogP contribution in [0.1, 0.15) is 39.0 Å². The lowest BCUT2D eigenvalue weighted by atomic mass is 9.94. The summed E-state index contributed by atoms with van der Waals surface area (Å²) in [5.41, 5.74) is 0. The van der Waals surface area contributed by atoms with Gasteiger partial charge in [-0.1, -0.05) is 19.3 Å². The number of fused-ring (bicyclic) bond motifs is 1. The highest BCUT2D eigenvalue weighted by atomic mass is 16.7. The molecule has 3 rings (SSSR count). The van der Waals surface area contributed by atoms with E-state index in [1.54, 1.807) is 18.2 Å². The standard InChI is InChI=1S/C17H23NO4/c1-2-18(13-6-4-3-5-7-13)17(19)11-20-14-8-9-15-16(10-14)22-12-21-15/h8-10,13H,2-7,11-12H2,1H3. The Kier molecular flexibility index (Phi) is 4.71. The normalized spacial score (nSPS) is 17.3. The first kappa shape index (κ1) is 15.0. The van der Waals surface area contributed by atoms with E-state index in [0.717, 1.165) is 25.1 Å². The second kappa shape index (κ2) is 6.90. The molecule has 0 saturated heterocycles. The quantitative estimate of drug-likeness (QED) is 0.839. The minimum absolute atomic E-state index is 0.0621. The number of carbonyl (C=O) groups is 1. The fraction of sp³-hybridized carbons (Fsp3) is 0.588. The third-order valence-corrected chi connectivity index (χ3v) is 4.38. The monoisotopic (exact) mass is 305 g/mol. The van der Waals surface area contributed by atoms with Crippen molar-refractivity contribution in [3.8, 4) is 17.2 Å². The topological polar surface area (TPSA) is 48.0 Å². The van der Waals surface area contributed by atoms with Gasteiger partial charge in [0.25, 0.3) is 5.91 Å². The number of likely N-dealkylation sites (N-methyl/N-ethyl adjacent to an activating group) is 1. The van der Waals surface area contributed by atoms with Gasteiger partial charge in [-0.05, 0) is 31.9 Å². The summed E-state index contributed by atoms with van der Waals surface area (Å²) >= 11 is 0. The summed E-state index contributed by atoms with van der Waals surface area (Å²) in [4.78, 5) is 14.4. The van der Waals surface area contributed by atoms with Gasteiger partial charge in [-0.3, -0.25) is 4.79 Å². The lowest BCUT2D eigenvalue weighted by Gasteiger charge is -2.33. The molecule has 2 aliphatic rings. The summed E-state index contributed by atoms with van der Waals surface area (Å²) in [6.07, 6.45) is 5.96. The maximum Gasteiger partial charge on any atom is 0.260 e. The smallest absolute Gasteiger partial charge is 0.260 e. The molecule has 1 aromatic rings. The van der Waals surface area contributed by atoms with Gasteiger partial charge in [-0.15, -0.1) is 0 Å². The SMILES string of the molecule is CCN(C(=O)COc1ccc2c(c1)OCO2)C1CCCCC1. The Morgan fingerprint density at radius 1 is 1.23 bits per heavy atom. The molecule has 1 aliphatic carbocycles. The average molecular weight is 305 g/mol. The van der Waals surface area contributed by atoms with Gasteiger partial charge in [0, 0.05) is 18.7 Å². The highest BCUT2D eigenvalue weighted by Crippen LogP contribution is 2.35. The van der Waals surface area contributed by atoms with Gasteiger partial charge in [0.05, 0.1) is 0 Å². The van der Waals surface area contributed by atoms with Crippen molar-refractivity contribution in [2.45, 2.75) is 45.1 Å². The van der Waals surface area contributed by atoms with Crippen molar-refractivity contribution in [3.63, 3.8) is 0 Å². The molecule has 0 unspecified atom stereocenters. The molecule has 120 valence electrons. The van der Waals surface area contributed by atoms with Crippen molar-refractivity contribution in [2.75, 3.05) is 19.9 Å². The molecule has 5 heteroatoms. The first-order valence-electron chi connectivity index (χ1n) is 8.10. The first-order chi connectivity index (χ1) is 10.8. The van der Waals surface area contributed by atoms with E-state index in [1.807, 2.05) is 11.8 Å². The molecule has 0 spiro atoms. The van der Waals surface area contributed by atoms with Gasteiger partial charge in [0.15, 0.2) is 18.1 Å². The Morgan fingerprint density at radius 2 is 2.00 bits per heavy atom. The van der Waals surface area contributed by atoms with E-state index < -0.39 is 0 Å². The van der Waals surface area contributed by atoms with E-state index in [0.29, 0.717) is 17.5 Å². The average Bonchev–Trinajstić information content (AvgIpc) is 3.02. The maximum absolute atomic E-state index is 12.4. The predicted octanol–water partition coefficient (Wildman–Crippen LogP) is 2.98. The van der Waals surface area contributed by atoms with Crippen LogP contribution >= 0.6 is 0 Å². The van der Waals surface area contributed by atoms with Crippen LogP contribution in [0, 0.1) is 0 Å². The first-order valence-corrected chi connectivity index (χ1v) is 8.10. The lowest BCUT2D eigenvalue weighted by molar-refractivity contribution is -0.136. The summed E-state index contributed by atoms with van der Waals surface area (Å²) in [5.74, 6) is 2.09. The van der Waals surface area contributed by atoms with Crippen LogP contribution in [0.15, 0.2) is 18.2 Å². The Labute approximate surface area is 131 Å². The van der Waals surface area contributed by atoms with Crippen LogP contribution in [0.25, 0.3) is 0 Å². The number of benzene rings is 1. The van der Waals surface area contributed by atoms with Crippen LogP contribution in [-0.2, 0) is 4.79 Å². The van der Waals surface area contributed by atoms with E-state index in [4.69, 9.17) is 14.2 Å². The molecule has 5 nitrogen and oxygen atoms in total. The highest BCUT2D eigenvalue weighted by Gasteiger charge is 2.24. The molecule has 22 heavy (non-hydrogen) atoms. The summed E-state index contributed by atoms with van der Waals surface area (Å²) in [7, 11) is 0. The van der Waals surface area contributed by atoms with Crippen molar-refractivity contribution >= 4 is 5.91 Å². The van der Waals surface area contributed by atoms with E-state index in [-0.39, 0.29) is 19.3 Å². The molecule has 1 aromatic carbocycles. The molecule has 0 N–H and O–H groups in total. The third kappa shape index (κ3) is 3.29. The minimum atomic E-state index is 0.0621.